The van der Waals surface area contributed by atoms with Gasteiger partial charge in [-0.1, -0.05) is 23.2 Å². The second-order valence-electron chi connectivity index (χ2n) is 4.02. The molecule has 2 rings (SSSR count). The monoisotopic (exact) mass is 328 g/mol. The Labute approximate surface area is 130 Å². The van der Waals surface area contributed by atoms with Crippen molar-refractivity contribution in [3.05, 3.63) is 46.0 Å². The molecule has 0 aliphatic heterocycles. The van der Waals surface area contributed by atoms with E-state index in [1.165, 1.54) is 18.3 Å². The number of aromatic nitrogens is 1. The van der Waals surface area contributed by atoms with Crippen molar-refractivity contribution in [3.63, 3.8) is 0 Å². The highest BCUT2D eigenvalue weighted by Crippen LogP contribution is 2.22. The average molecular weight is 329 g/mol. The molecule has 0 fully saturated rings. The number of rotatable bonds is 4. The third kappa shape index (κ3) is 4.21. The lowest BCUT2D eigenvalue weighted by atomic mass is 10.4. The summed E-state index contributed by atoms with van der Waals surface area (Å²) in [5.74, 6) is -0.570. The molecule has 110 valence electrons. The van der Waals surface area contributed by atoms with Crippen molar-refractivity contribution in [3.8, 4) is 0 Å². The number of ether oxygens (including phenoxy) is 1. The van der Waals surface area contributed by atoms with Crippen molar-refractivity contribution in [2.75, 3.05) is 11.9 Å². The molecule has 1 amide bonds. The highest BCUT2D eigenvalue weighted by molar-refractivity contribution is 6.36. The minimum Gasteiger partial charge on any atom is -0.454 e. The molecule has 0 aromatic carbocycles. The van der Waals surface area contributed by atoms with E-state index in [4.69, 9.17) is 32.4 Å². The van der Waals surface area contributed by atoms with E-state index in [0.717, 1.165) is 0 Å². The zero-order valence-electron chi connectivity index (χ0n) is 10.9. The molecular weight excluding hydrogens is 319 g/mol. The third-order valence-corrected chi connectivity index (χ3v) is 2.84. The summed E-state index contributed by atoms with van der Waals surface area (Å²) in [4.78, 5) is 27.1. The minimum atomic E-state index is -0.728. The number of pyridine rings is 1. The molecule has 1 N–H and O–H groups in total. The number of nitrogens with one attached hydrogen (secondary N) is 1. The van der Waals surface area contributed by atoms with Crippen LogP contribution in [0.2, 0.25) is 10.0 Å². The van der Waals surface area contributed by atoms with Gasteiger partial charge in [-0.3, -0.25) is 4.79 Å². The van der Waals surface area contributed by atoms with Crippen LogP contribution in [-0.4, -0.2) is 23.5 Å². The van der Waals surface area contributed by atoms with Crippen LogP contribution >= 0.6 is 23.2 Å². The molecule has 0 radical (unpaired) electrons. The number of hydrogen-bond acceptors (Lipinski definition) is 5. The summed E-state index contributed by atoms with van der Waals surface area (Å²) in [5.41, 5.74) is 0. The van der Waals surface area contributed by atoms with Gasteiger partial charge in [0, 0.05) is 6.20 Å². The topological polar surface area (TPSA) is 81.4 Å². The SMILES string of the molecule is Cc1ccc(C(=O)OCC(=O)Nc2ncc(Cl)cc2Cl)o1. The van der Waals surface area contributed by atoms with Gasteiger partial charge in [0.15, 0.2) is 12.4 Å². The fourth-order valence-corrected chi connectivity index (χ4v) is 1.85. The average Bonchev–Trinajstić information content (AvgIpc) is 2.86. The van der Waals surface area contributed by atoms with E-state index in [2.05, 4.69) is 10.3 Å². The summed E-state index contributed by atoms with van der Waals surface area (Å²) in [6, 6.07) is 4.52. The Morgan fingerprint density at radius 2 is 2.14 bits per heavy atom. The van der Waals surface area contributed by atoms with E-state index in [1.807, 2.05) is 0 Å². The second-order valence-corrected chi connectivity index (χ2v) is 4.86. The molecule has 0 atom stereocenters. The zero-order valence-corrected chi connectivity index (χ0v) is 12.4. The van der Waals surface area contributed by atoms with Crippen molar-refractivity contribution >= 4 is 40.9 Å². The van der Waals surface area contributed by atoms with Crippen LogP contribution in [-0.2, 0) is 9.53 Å². The van der Waals surface area contributed by atoms with E-state index in [-0.39, 0.29) is 16.6 Å². The smallest absolute Gasteiger partial charge is 0.374 e. The molecule has 2 heterocycles. The van der Waals surface area contributed by atoms with Crippen LogP contribution in [0.5, 0.6) is 0 Å². The summed E-state index contributed by atoms with van der Waals surface area (Å²) in [7, 11) is 0. The Bertz CT molecular complexity index is 685. The van der Waals surface area contributed by atoms with Crippen LogP contribution in [0.15, 0.2) is 28.8 Å². The van der Waals surface area contributed by atoms with Gasteiger partial charge in [0.1, 0.15) is 5.76 Å². The lowest BCUT2D eigenvalue weighted by molar-refractivity contribution is -0.119. The molecule has 0 aliphatic rings. The van der Waals surface area contributed by atoms with Crippen LogP contribution in [0.25, 0.3) is 0 Å². The summed E-state index contributed by atoms with van der Waals surface area (Å²) >= 11 is 11.5. The first-order valence-electron chi connectivity index (χ1n) is 5.80. The molecule has 2 aromatic rings. The Morgan fingerprint density at radius 1 is 1.38 bits per heavy atom. The zero-order chi connectivity index (χ0) is 15.4. The lowest BCUT2D eigenvalue weighted by Gasteiger charge is -2.06. The van der Waals surface area contributed by atoms with Crippen molar-refractivity contribution < 1.29 is 18.7 Å². The van der Waals surface area contributed by atoms with E-state index < -0.39 is 18.5 Å². The van der Waals surface area contributed by atoms with Gasteiger partial charge in [-0.15, -0.1) is 0 Å². The summed E-state index contributed by atoms with van der Waals surface area (Å²) < 4.78 is 9.87. The predicted molar refractivity (Wildman–Crippen MR) is 76.6 cm³/mol. The minimum absolute atomic E-state index is 0.0305. The number of furan rings is 1. The number of anilines is 1. The van der Waals surface area contributed by atoms with Gasteiger partial charge < -0.3 is 14.5 Å². The van der Waals surface area contributed by atoms with Crippen molar-refractivity contribution in [1.29, 1.82) is 0 Å². The number of aryl methyl sites for hydroxylation is 1. The van der Waals surface area contributed by atoms with Crippen molar-refractivity contribution in [2.45, 2.75) is 6.92 Å². The lowest BCUT2D eigenvalue weighted by Crippen LogP contribution is -2.21. The number of halogens is 2. The number of hydrogen-bond donors (Lipinski definition) is 1. The van der Waals surface area contributed by atoms with Gasteiger partial charge in [-0.2, -0.15) is 0 Å². The van der Waals surface area contributed by atoms with Crippen LogP contribution < -0.4 is 5.32 Å². The Hall–Kier alpha value is -2.05. The molecule has 6 nitrogen and oxygen atoms in total. The van der Waals surface area contributed by atoms with Gasteiger partial charge in [0.05, 0.1) is 10.0 Å². The van der Waals surface area contributed by atoms with Gasteiger partial charge in [0.2, 0.25) is 5.76 Å². The first-order chi connectivity index (χ1) is 9.95. The maximum atomic E-state index is 11.6. The second kappa shape index (κ2) is 6.60. The van der Waals surface area contributed by atoms with Gasteiger partial charge in [0.25, 0.3) is 5.91 Å². The molecule has 0 saturated carbocycles. The Morgan fingerprint density at radius 3 is 2.76 bits per heavy atom. The summed E-state index contributed by atoms with van der Waals surface area (Å²) in [5, 5.41) is 2.93. The van der Waals surface area contributed by atoms with Crippen LogP contribution in [0, 0.1) is 6.92 Å². The first kappa shape index (κ1) is 15.3. The molecule has 0 bridgehead atoms. The summed E-state index contributed by atoms with van der Waals surface area (Å²) in [6.45, 7) is 1.21. The van der Waals surface area contributed by atoms with Gasteiger partial charge >= 0.3 is 5.97 Å². The van der Waals surface area contributed by atoms with Crippen molar-refractivity contribution in [1.82, 2.24) is 4.98 Å². The number of carbonyl (C=O) groups is 2. The standard InChI is InChI=1S/C13H10Cl2N2O4/c1-7-2-3-10(21-7)13(19)20-6-11(18)17-12-9(15)4-8(14)5-16-12/h2-5H,6H2,1H3,(H,16,17,18). The molecule has 2 aromatic heterocycles. The largest absolute Gasteiger partial charge is 0.454 e. The van der Waals surface area contributed by atoms with Gasteiger partial charge in [-0.05, 0) is 25.1 Å². The Balaban J connectivity index is 1.89. The molecule has 0 unspecified atom stereocenters. The first-order valence-corrected chi connectivity index (χ1v) is 6.56. The van der Waals surface area contributed by atoms with Gasteiger partial charge in [-0.25, -0.2) is 9.78 Å². The highest BCUT2D eigenvalue weighted by atomic mass is 35.5. The maximum absolute atomic E-state index is 11.6. The number of amides is 1. The quantitative estimate of drug-likeness (QED) is 0.872. The Kier molecular flexibility index (Phi) is 4.82. The molecule has 21 heavy (non-hydrogen) atoms. The third-order valence-electron chi connectivity index (χ3n) is 2.34. The molecule has 8 heteroatoms. The molecule has 0 aliphatic carbocycles. The highest BCUT2D eigenvalue weighted by Gasteiger charge is 2.14. The molecule has 0 saturated heterocycles. The molecular formula is C13H10Cl2N2O4. The maximum Gasteiger partial charge on any atom is 0.374 e. The fraction of sp³-hybridized carbons (Fsp3) is 0.154. The van der Waals surface area contributed by atoms with E-state index in [0.29, 0.717) is 10.8 Å². The van der Waals surface area contributed by atoms with E-state index in [9.17, 15) is 9.59 Å². The normalized spacial score (nSPS) is 10.2. The number of nitrogens with zero attached hydrogens (tertiary/aromatic N) is 1. The summed E-state index contributed by atoms with van der Waals surface area (Å²) in [6.07, 6.45) is 1.33. The van der Waals surface area contributed by atoms with E-state index in [1.54, 1.807) is 13.0 Å². The fourth-order valence-electron chi connectivity index (χ4n) is 1.42. The number of carbonyl (C=O) groups excluding carboxylic acids is 2. The number of esters is 1. The van der Waals surface area contributed by atoms with E-state index >= 15 is 0 Å². The molecule has 0 spiro atoms. The predicted octanol–water partition coefficient (Wildman–Crippen LogP) is 3.09. The van der Waals surface area contributed by atoms with Crippen LogP contribution in [0.4, 0.5) is 5.82 Å². The van der Waals surface area contributed by atoms with Crippen LogP contribution in [0.3, 0.4) is 0 Å². The van der Waals surface area contributed by atoms with Crippen molar-refractivity contribution in [2.24, 2.45) is 0 Å². The van der Waals surface area contributed by atoms with Crippen LogP contribution in [0.1, 0.15) is 16.3 Å².